The van der Waals surface area contributed by atoms with Gasteiger partial charge in [-0.3, -0.25) is 19.0 Å². The third-order valence-corrected chi connectivity index (χ3v) is 4.87. The Morgan fingerprint density at radius 2 is 1.86 bits per heavy atom. The van der Waals surface area contributed by atoms with E-state index in [4.69, 9.17) is 5.73 Å². The van der Waals surface area contributed by atoms with Gasteiger partial charge >= 0.3 is 5.69 Å². The van der Waals surface area contributed by atoms with E-state index in [0.717, 1.165) is 11.3 Å². The molecule has 0 amide bonds. The van der Waals surface area contributed by atoms with Gasteiger partial charge in [0.2, 0.25) is 0 Å². The lowest BCUT2D eigenvalue weighted by atomic mass is 10.1. The Balaban J connectivity index is 1.77. The van der Waals surface area contributed by atoms with Crippen LogP contribution in [0.15, 0.2) is 46.1 Å². The van der Waals surface area contributed by atoms with Crippen LogP contribution in [0.4, 0.5) is 5.69 Å². The molecule has 3 aromatic heterocycles. The molecule has 9 heteroatoms. The summed E-state index contributed by atoms with van der Waals surface area (Å²) in [6.07, 6.45) is 3.49. The molecule has 29 heavy (non-hydrogen) atoms. The van der Waals surface area contributed by atoms with Crippen molar-refractivity contribution in [3.8, 4) is 0 Å². The zero-order chi connectivity index (χ0) is 20.4. The molecule has 0 spiro atoms. The molecule has 0 aliphatic heterocycles. The van der Waals surface area contributed by atoms with Gasteiger partial charge in [0, 0.05) is 31.4 Å². The van der Waals surface area contributed by atoms with E-state index >= 15 is 0 Å². The Kier molecular flexibility index (Phi) is 5.03. The van der Waals surface area contributed by atoms with Gasteiger partial charge in [0.1, 0.15) is 11.3 Å². The molecule has 150 valence electrons. The highest BCUT2D eigenvalue weighted by Crippen LogP contribution is 2.11. The van der Waals surface area contributed by atoms with Crippen molar-refractivity contribution in [1.29, 1.82) is 0 Å². The molecule has 1 aromatic carbocycles. The fraction of sp³-hybridized carbons (Fsp3) is 0.300. The second kappa shape index (κ2) is 7.78. The van der Waals surface area contributed by atoms with Crippen LogP contribution in [-0.4, -0.2) is 29.3 Å². The van der Waals surface area contributed by atoms with E-state index in [1.807, 2.05) is 37.3 Å². The molecular weight excluding hydrogens is 370 g/mol. The molecule has 9 nitrogen and oxygen atoms in total. The average Bonchev–Trinajstić information content (AvgIpc) is 3.37. The smallest absolute Gasteiger partial charge is 0.332 e. The summed E-state index contributed by atoms with van der Waals surface area (Å²) in [5.41, 5.74) is 8.35. The number of aromatic nitrogens is 6. The fourth-order valence-corrected chi connectivity index (χ4v) is 3.41. The van der Waals surface area contributed by atoms with E-state index in [9.17, 15) is 9.59 Å². The predicted octanol–water partition coefficient (Wildman–Crippen LogP) is 1.44. The molecule has 0 saturated carbocycles. The third-order valence-electron chi connectivity index (χ3n) is 4.87. The summed E-state index contributed by atoms with van der Waals surface area (Å²) < 4.78 is 2.86. The SMILES string of the molecule is CCCn1c(=O)c2[nH]c(Cc3cc[nH]n3)nc2n(CCc2ccc(N)cc2)c1=O. The Bertz CT molecular complexity index is 1230. The van der Waals surface area contributed by atoms with Crippen molar-refractivity contribution in [2.45, 2.75) is 39.3 Å². The van der Waals surface area contributed by atoms with Crippen LogP contribution in [0.5, 0.6) is 0 Å². The van der Waals surface area contributed by atoms with Gasteiger partial charge in [-0.25, -0.2) is 9.78 Å². The second-order valence-electron chi connectivity index (χ2n) is 7.01. The fourth-order valence-electron chi connectivity index (χ4n) is 3.41. The Morgan fingerprint density at radius 3 is 2.55 bits per heavy atom. The van der Waals surface area contributed by atoms with Crippen molar-refractivity contribution in [3.63, 3.8) is 0 Å². The maximum Gasteiger partial charge on any atom is 0.332 e. The molecule has 4 aromatic rings. The van der Waals surface area contributed by atoms with Crippen LogP contribution < -0.4 is 17.0 Å². The summed E-state index contributed by atoms with van der Waals surface area (Å²) in [7, 11) is 0. The average molecular weight is 393 g/mol. The van der Waals surface area contributed by atoms with E-state index in [0.29, 0.717) is 55.0 Å². The predicted molar refractivity (Wildman–Crippen MR) is 111 cm³/mol. The molecule has 0 aliphatic rings. The molecule has 0 atom stereocenters. The minimum Gasteiger partial charge on any atom is -0.399 e. The molecule has 0 saturated heterocycles. The number of nitrogens with zero attached hydrogens (tertiary/aromatic N) is 4. The first-order valence-corrected chi connectivity index (χ1v) is 9.62. The van der Waals surface area contributed by atoms with Gasteiger partial charge in [-0.2, -0.15) is 5.10 Å². The number of aromatic amines is 2. The van der Waals surface area contributed by atoms with E-state index in [-0.39, 0.29) is 11.2 Å². The van der Waals surface area contributed by atoms with Crippen LogP contribution >= 0.6 is 0 Å². The van der Waals surface area contributed by atoms with E-state index < -0.39 is 0 Å². The molecule has 3 heterocycles. The van der Waals surface area contributed by atoms with Gasteiger partial charge in [0.25, 0.3) is 5.56 Å². The Hall–Kier alpha value is -3.62. The standard InChI is InChI=1S/C20H23N7O2/c1-2-10-27-19(28)17-18(24-16(23-17)12-15-7-9-22-25-15)26(20(27)29)11-8-13-3-5-14(21)6-4-13/h3-7,9H,2,8,10-12,21H2,1H3,(H,22,25)(H,23,24). The van der Waals surface area contributed by atoms with E-state index in [1.54, 1.807) is 10.8 Å². The number of nitrogens with two attached hydrogens (primary N) is 1. The summed E-state index contributed by atoms with van der Waals surface area (Å²) in [6, 6.07) is 9.39. The molecule has 0 unspecified atom stereocenters. The molecular formula is C20H23N7O2. The molecule has 0 radical (unpaired) electrons. The number of fused-ring (bicyclic) bond motifs is 1. The van der Waals surface area contributed by atoms with Crippen LogP contribution in [0.25, 0.3) is 11.2 Å². The number of anilines is 1. The number of imidazole rings is 1. The van der Waals surface area contributed by atoms with Gasteiger partial charge in [-0.1, -0.05) is 19.1 Å². The highest BCUT2D eigenvalue weighted by Gasteiger charge is 2.17. The number of nitrogens with one attached hydrogen (secondary N) is 2. The van der Waals surface area contributed by atoms with E-state index in [2.05, 4.69) is 20.2 Å². The largest absolute Gasteiger partial charge is 0.399 e. The monoisotopic (exact) mass is 393 g/mol. The minimum absolute atomic E-state index is 0.336. The lowest BCUT2D eigenvalue weighted by Gasteiger charge is -2.11. The summed E-state index contributed by atoms with van der Waals surface area (Å²) in [5.74, 6) is 0.596. The normalized spacial score (nSPS) is 11.3. The first kappa shape index (κ1) is 18.7. The first-order valence-electron chi connectivity index (χ1n) is 9.62. The molecule has 4 N–H and O–H groups in total. The lowest BCUT2D eigenvalue weighted by Crippen LogP contribution is -2.40. The number of benzene rings is 1. The zero-order valence-electron chi connectivity index (χ0n) is 16.2. The van der Waals surface area contributed by atoms with Gasteiger partial charge < -0.3 is 10.7 Å². The highest BCUT2D eigenvalue weighted by atomic mass is 16.2. The maximum atomic E-state index is 13.0. The number of hydrogen-bond donors (Lipinski definition) is 3. The highest BCUT2D eigenvalue weighted by molar-refractivity contribution is 5.70. The van der Waals surface area contributed by atoms with Crippen LogP contribution in [0.1, 0.15) is 30.4 Å². The van der Waals surface area contributed by atoms with Crippen molar-refractivity contribution in [2.75, 3.05) is 5.73 Å². The topological polar surface area (TPSA) is 127 Å². The summed E-state index contributed by atoms with van der Waals surface area (Å²) in [5, 5.41) is 6.89. The second-order valence-corrected chi connectivity index (χ2v) is 7.01. The van der Waals surface area contributed by atoms with Gasteiger partial charge in [0.05, 0.1) is 5.69 Å². The van der Waals surface area contributed by atoms with Crippen LogP contribution in [0.3, 0.4) is 0 Å². The van der Waals surface area contributed by atoms with Gasteiger partial charge in [-0.15, -0.1) is 0 Å². The van der Waals surface area contributed by atoms with Crippen LogP contribution in [0.2, 0.25) is 0 Å². The number of aryl methyl sites for hydroxylation is 2. The summed E-state index contributed by atoms with van der Waals surface area (Å²) >= 11 is 0. The Morgan fingerprint density at radius 1 is 1.07 bits per heavy atom. The third kappa shape index (κ3) is 3.71. The van der Waals surface area contributed by atoms with Crippen LogP contribution in [-0.2, 0) is 25.9 Å². The number of hydrogen-bond acceptors (Lipinski definition) is 5. The number of rotatable bonds is 7. The lowest BCUT2D eigenvalue weighted by molar-refractivity contribution is 0.559. The zero-order valence-corrected chi connectivity index (χ0v) is 16.2. The maximum absolute atomic E-state index is 13.0. The summed E-state index contributed by atoms with van der Waals surface area (Å²) in [4.78, 5) is 33.5. The van der Waals surface area contributed by atoms with Crippen molar-refractivity contribution >= 4 is 16.9 Å². The van der Waals surface area contributed by atoms with Crippen molar-refractivity contribution in [3.05, 3.63) is 74.4 Å². The first-order chi connectivity index (χ1) is 14.1. The van der Waals surface area contributed by atoms with Crippen LogP contribution in [0, 0.1) is 0 Å². The molecule has 0 bridgehead atoms. The minimum atomic E-state index is -0.337. The quantitative estimate of drug-likeness (QED) is 0.409. The number of H-pyrrole nitrogens is 2. The molecule has 0 fully saturated rings. The number of nitrogen functional groups attached to an aromatic ring is 1. The van der Waals surface area contributed by atoms with Crippen molar-refractivity contribution < 1.29 is 0 Å². The summed E-state index contributed by atoms with van der Waals surface area (Å²) in [6.45, 7) is 2.71. The Labute approximate surface area is 166 Å². The molecule has 4 rings (SSSR count). The van der Waals surface area contributed by atoms with E-state index in [1.165, 1.54) is 4.57 Å². The van der Waals surface area contributed by atoms with Crippen molar-refractivity contribution in [1.82, 2.24) is 29.3 Å². The van der Waals surface area contributed by atoms with Gasteiger partial charge in [0.15, 0.2) is 5.65 Å². The van der Waals surface area contributed by atoms with Gasteiger partial charge in [-0.05, 0) is 36.6 Å². The van der Waals surface area contributed by atoms with Crippen molar-refractivity contribution in [2.24, 2.45) is 0 Å². The molecule has 0 aliphatic carbocycles.